The zero-order valence-electron chi connectivity index (χ0n) is 12.0. The van der Waals surface area contributed by atoms with E-state index in [9.17, 15) is 4.79 Å². The Morgan fingerprint density at radius 1 is 1.21 bits per heavy atom. The summed E-state index contributed by atoms with van der Waals surface area (Å²) in [5, 5.41) is 3.49. The molecule has 19 heavy (non-hydrogen) atoms. The zero-order valence-corrected chi connectivity index (χ0v) is 12.8. The van der Waals surface area contributed by atoms with Crippen LogP contribution in [0.2, 0.25) is 0 Å². The van der Waals surface area contributed by atoms with Gasteiger partial charge in [-0.25, -0.2) is 0 Å². The van der Waals surface area contributed by atoms with Crippen molar-refractivity contribution in [1.29, 1.82) is 0 Å². The Bertz CT molecular complexity index is 314. The highest BCUT2D eigenvalue weighted by molar-refractivity contribution is 5.85. The van der Waals surface area contributed by atoms with Crippen LogP contribution in [-0.4, -0.2) is 36.0 Å². The van der Waals surface area contributed by atoms with Crippen LogP contribution >= 0.6 is 12.4 Å². The summed E-state index contributed by atoms with van der Waals surface area (Å²) >= 11 is 0. The van der Waals surface area contributed by atoms with Crippen molar-refractivity contribution in [2.24, 2.45) is 5.41 Å². The predicted molar refractivity (Wildman–Crippen MR) is 79.6 cm³/mol. The lowest BCUT2D eigenvalue weighted by molar-refractivity contribution is -0.145. The number of fused-ring (bicyclic) bond motifs is 2. The minimum Gasteiger partial charge on any atom is -0.335 e. The van der Waals surface area contributed by atoms with Crippen molar-refractivity contribution < 1.29 is 4.79 Å². The third kappa shape index (κ3) is 2.52. The van der Waals surface area contributed by atoms with Crippen LogP contribution in [0.5, 0.6) is 0 Å². The number of carbonyl (C=O) groups excluding carboxylic acids is 1. The van der Waals surface area contributed by atoms with Crippen LogP contribution in [-0.2, 0) is 4.79 Å². The molecule has 0 aromatic heterocycles. The summed E-state index contributed by atoms with van der Waals surface area (Å²) in [7, 11) is 0. The molecule has 2 aliphatic heterocycles. The van der Waals surface area contributed by atoms with Crippen molar-refractivity contribution in [1.82, 2.24) is 10.2 Å². The van der Waals surface area contributed by atoms with Crippen LogP contribution in [0, 0.1) is 5.41 Å². The molecule has 0 aromatic rings. The van der Waals surface area contributed by atoms with Gasteiger partial charge in [0.2, 0.25) is 5.91 Å². The summed E-state index contributed by atoms with van der Waals surface area (Å²) in [5.41, 5.74) is 0.00514. The molecule has 0 spiro atoms. The standard InChI is InChI=1S/C15H26N2O.ClH/c1-2-15(8-3-4-9-15)14(18)17-12-5-6-13(17)11-16-10-7-12;/h12-13,16H,2-11H2,1H3;1H. The van der Waals surface area contributed by atoms with E-state index < -0.39 is 0 Å². The van der Waals surface area contributed by atoms with E-state index in [1.54, 1.807) is 0 Å². The van der Waals surface area contributed by atoms with Gasteiger partial charge in [-0.2, -0.15) is 0 Å². The molecule has 0 radical (unpaired) electrons. The van der Waals surface area contributed by atoms with Gasteiger partial charge in [0, 0.05) is 24.0 Å². The molecule has 2 saturated heterocycles. The fourth-order valence-corrected chi connectivity index (χ4v) is 4.36. The third-order valence-electron chi connectivity index (χ3n) is 5.58. The Morgan fingerprint density at radius 3 is 2.58 bits per heavy atom. The fraction of sp³-hybridized carbons (Fsp3) is 0.933. The smallest absolute Gasteiger partial charge is 0.229 e. The van der Waals surface area contributed by atoms with E-state index in [0.717, 1.165) is 38.8 Å². The lowest BCUT2D eigenvalue weighted by Crippen LogP contribution is -2.49. The number of rotatable bonds is 2. The summed E-state index contributed by atoms with van der Waals surface area (Å²) in [6.07, 6.45) is 9.40. The van der Waals surface area contributed by atoms with E-state index in [2.05, 4.69) is 17.1 Å². The second-order valence-corrected chi connectivity index (χ2v) is 6.43. The van der Waals surface area contributed by atoms with E-state index in [1.165, 1.54) is 25.7 Å². The van der Waals surface area contributed by atoms with Crippen molar-refractivity contribution in [2.75, 3.05) is 13.1 Å². The Kier molecular flexibility index (Phi) is 4.78. The second-order valence-electron chi connectivity index (χ2n) is 6.43. The molecule has 2 unspecified atom stereocenters. The van der Waals surface area contributed by atoms with E-state index in [-0.39, 0.29) is 17.8 Å². The summed E-state index contributed by atoms with van der Waals surface area (Å²) in [4.78, 5) is 15.4. The largest absolute Gasteiger partial charge is 0.335 e. The zero-order chi connectivity index (χ0) is 12.6. The topological polar surface area (TPSA) is 32.3 Å². The van der Waals surface area contributed by atoms with Crippen molar-refractivity contribution in [3.8, 4) is 0 Å². The first-order chi connectivity index (χ1) is 8.77. The highest BCUT2D eigenvalue weighted by Crippen LogP contribution is 2.45. The number of amides is 1. The summed E-state index contributed by atoms with van der Waals surface area (Å²) in [6, 6.07) is 1.01. The average Bonchev–Trinajstić information content (AvgIpc) is 2.93. The van der Waals surface area contributed by atoms with Gasteiger partial charge in [-0.1, -0.05) is 19.8 Å². The van der Waals surface area contributed by atoms with Gasteiger partial charge in [-0.15, -0.1) is 12.4 Å². The summed E-state index contributed by atoms with van der Waals surface area (Å²) < 4.78 is 0. The first kappa shape index (κ1) is 15.1. The van der Waals surface area contributed by atoms with Gasteiger partial charge in [0.15, 0.2) is 0 Å². The molecule has 1 amide bonds. The maximum atomic E-state index is 13.1. The van der Waals surface area contributed by atoms with Crippen LogP contribution in [0.25, 0.3) is 0 Å². The number of nitrogens with zero attached hydrogens (tertiary/aromatic N) is 1. The van der Waals surface area contributed by atoms with E-state index in [1.807, 2.05) is 0 Å². The molecule has 1 aliphatic carbocycles. The van der Waals surface area contributed by atoms with Gasteiger partial charge in [0.05, 0.1) is 0 Å². The highest BCUT2D eigenvalue weighted by atomic mass is 35.5. The number of halogens is 1. The Morgan fingerprint density at radius 2 is 1.89 bits per heavy atom. The molecule has 110 valence electrons. The molecule has 3 fully saturated rings. The van der Waals surface area contributed by atoms with Crippen LogP contribution in [0.4, 0.5) is 0 Å². The van der Waals surface area contributed by atoms with Crippen molar-refractivity contribution in [3.63, 3.8) is 0 Å². The van der Waals surface area contributed by atoms with Crippen molar-refractivity contribution in [2.45, 2.75) is 70.4 Å². The third-order valence-corrected chi connectivity index (χ3v) is 5.58. The quantitative estimate of drug-likeness (QED) is 0.847. The van der Waals surface area contributed by atoms with Crippen molar-refractivity contribution >= 4 is 18.3 Å². The average molecular weight is 287 g/mol. The van der Waals surface area contributed by atoms with Gasteiger partial charge in [0.1, 0.15) is 0 Å². The Balaban J connectivity index is 0.00000133. The predicted octanol–water partition coefficient (Wildman–Crippen LogP) is 2.73. The molecule has 3 rings (SSSR count). The van der Waals surface area contributed by atoms with Gasteiger partial charge in [-0.05, 0) is 45.1 Å². The molecular formula is C15H27ClN2O. The van der Waals surface area contributed by atoms with Gasteiger partial charge in [-0.3, -0.25) is 4.79 Å². The molecule has 2 bridgehead atoms. The molecule has 1 saturated carbocycles. The van der Waals surface area contributed by atoms with Gasteiger partial charge < -0.3 is 10.2 Å². The second kappa shape index (κ2) is 6.01. The van der Waals surface area contributed by atoms with E-state index in [4.69, 9.17) is 0 Å². The molecule has 2 atom stereocenters. The molecule has 1 N–H and O–H groups in total. The van der Waals surface area contributed by atoms with Crippen LogP contribution < -0.4 is 5.32 Å². The number of hydrogen-bond donors (Lipinski definition) is 1. The molecule has 0 aromatic carbocycles. The number of carbonyl (C=O) groups is 1. The molecule has 4 heteroatoms. The molecular weight excluding hydrogens is 260 g/mol. The first-order valence-corrected chi connectivity index (χ1v) is 7.80. The number of hydrogen-bond acceptors (Lipinski definition) is 2. The molecule has 2 heterocycles. The highest BCUT2D eigenvalue weighted by Gasteiger charge is 2.47. The van der Waals surface area contributed by atoms with E-state index >= 15 is 0 Å². The minimum atomic E-state index is 0. The fourth-order valence-electron chi connectivity index (χ4n) is 4.36. The van der Waals surface area contributed by atoms with Crippen LogP contribution in [0.1, 0.15) is 58.3 Å². The lowest BCUT2D eigenvalue weighted by Gasteiger charge is -2.37. The summed E-state index contributed by atoms with van der Waals surface area (Å²) in [6.45, 7) is 4.31. The normalized spacial score (nSPS) is 32.8. The Labute approximate surface area is 122 Å². The monoisotopic (exact) mass is 286 g/mol. The molecule has 3 nitrogen and oxygen atoms in total. The molecule has 3 aliphatic rings. The maximum absolute atomic E-state index is 13.1. The van der Waals surface area contributed by atoms with Crippen molar-refractivity contribution in [3.05, 3.63) is 0 Å². The van der Waals surface area contributed by atoms with Crippen LogP contribution in [0.15, 0.2) is 0 Å². The Hall–Kier alpha value is -0.280. The van der Waals surface area contributed by atoms with Gasteiger partial charge >= 0.3 is 0 Å². The van der Waals surface area contributed by atoms with Gasteiger partial charge in [0.25, 0.3) is 0 Å². The van der Waals surface area contributed by atoms with E-state index in [0.29, 0.717) is 18.0 Å². The maximum Gasteiger partial charge on any atom is 0.229 e. The summed E-state index contributed by atoms with van der Waals surface area (Å²) in [5.74, 6) is 0.499. The number of nitrogens with one attached hydrogen (secondary N) is 1. The first-order valence-electron chi connectivity index (χ1n) is 7.80. The SMILES string of the molecule is CCC1(C(=O)N2C3CCNCC2CC3)CCCC1.Cl. The lowest BCUT2D eigenvalue weighted by atomic mass is 9.81. The minimum absolute atomic E-state index is 0. The van der Waals surface area contributed by atoms with Crippen LogP contribution in [0.3, 0.4) is 0 Å².